The number of nitrogens with zero attached hydrogens (tertiary/aromatic N) is 2. The summed E-state index contributed by atoms with van der Waals surface area (Å²) in [7, 11) is 4.38. The molecule has 3 N–H and O–H groups in total. The fourth-order valence-electron chi connectivity index (χ4n) is 4.61. The number of fused-ring (bicyclic) bond motifs is 1. The van der Waals surface area contributed by atoms with Gasteiger partial charge < -0.3 is 15.5 Å². The third kappa shape index (κ3) is 8.11. The summed E-state index contributed by atoms with van der Waals surface area (Å²) in [6.45, 7) is 10.6. The number of hydrogen-bond donors (Lipinski definition) is 3. The van der Waals surface area contributed by atoms with Crippen molar-refractivity contribution < 1.29 is 4.79 Å². The highest BCUT2D eigenvalue weighted by atomic mass is 35.5. The topological polar surface area (TPSA) is 81.6 Å². The largest absolute Gasteiger partial charge is 0.385 e. The van der Waals surface area contributed by atoms with Crippen LogP contribution in [0.1, 0.15) is 79.9 Å². The normalized spacial score (nSPS) is 13.4. The number of carbonyl (C=O) groups excluding carboxylic acids is 1. The lowest BCUT2D eigenvalue weighted by Gasteiger charge is -2.27. The maximum Gasteiger partial charge on any atom is 0.274 e. The third-order valence-corrected chi connectivity index (χ3v) is 6.95. The Morgan fingerprint density at radius 1 is 1.14 bits per heavy atom. The number of hydrogen-bond acceptors (Lipinski definition) is 4. The third-order valence-electron chi connectivity index (χ3n) is 6.73. The second-order valence-corrected chi connectivity index (χ2v) is 9.86. The Bertz CT molecular complexity index is 1210. The van der Waals surface area contributed by atoms with E-state index in [-0.39, 0.29) is 18.0 Å². The summed E-state index contributed by atoms with van der Waals surface area (Å²) in [5, 5.41) is 9.40. The first-order valence-electron chi connectivity index (χ1n) is 13.4. The predicted molar refractivity (Wildman–Crippen MR) is 156 cm³/mol. The van der Waals surface area contributed by atoms with E-state index in [0.717, 1.165) is 34.9 Å². The fraction of sp³-hybridized carbons (Fsp3) is 0.517. The molecule has 1 aromatic carbocycles. The molecule has 1 amide bonds. The first-order chi connectivity index (χ1) is 17.7. The van der Waals surface area contributed by atoms with E-state index in [2.05, 4.69) is 34.7 Å². The lowest BCUT2D eigenvalue weighted by atomic mass is 9.95. The van der Waals surface area contributed by atoms with E-state index < -0.39 is 0 Å². The van der Waals surface area contributed by atoms with E-state index in [9.17, 15) is 9.59 Å². The summed E-state index contributed by atoms with van der Waals surface area (Å²) in [6, 6.07) is 8.06. The highest BCUT2D eigenvalue weighted by molar-refractivity contribution is 6.31. The van der Waals surface area contributed by atoms with Crippen molar-refractivity contribution in [2.75, 3.05) is 26.0 Å². The van der Waals surface area contributed by atoms with Crippen LogP contribution < -0.4 is 16.2 Å². The van der Waals surface area contributed by atoms with Gasteiger partial charge in [0.2, 0.25) is 0 Å². The van der Waals surface area contributed by atoms with E-state index in [0.29, 0.717) is 16.1 Å². The number of aromatic nitrogens is 2. The summed E-state index contributed by atoms with van der Waals surface area (Å²) in [5.41, 5.74) is 4.16. The Labute approximate surface area is 226 Å². The van der Waals surface area contributed by atoms with E-state index >= 15 is 0 Å². The molecule has 8 heteroatoms. The number of halogens is 1. The Morgan fingerprint density at radius 2 is 1.81 bits per heavy atom. The molecule has 0 saturated heterocycles. The first kappa shape index (κ1) is 30.5. The molecule has 1 aliphatic carbocycles. The highest BCUT2D eigenvalue weighted by Crippen LogP contribution is 2.25. The standard InChI is InChI=1S/C19H21ClN4O2.C8H17N.C2H6/c1-4-21-17-9-13(20)8-15(12(17)3)18(25)22-10-16-11(2)7-14-5-6-23-24(14)19(16)26;1-9(2)8-6-4-3-5-7-8;1-2/h5-9,21,23H,4,10H2,1-3H3,(H,22,25);8H,3-7H2,1-2H3;1-2H3. The molecule has 3 aromatic rings. The molecule has 2 heterocycles. The predicted octanol–water partition coefficient (Wildman–Crippen LogP) is 6.17. The van der Waals surface area contributed by atoms with Crippen LogP contribution in [-0.4, -0.2) is 47.1 Å². The number of H-pyrrole nitrogens is 1. The van der Waals surface area contributed by atoms with Crippen LogP contribution in [0.25, 0.3) is 5.52 Å². The minimum absolute atomic E-state index is 0.147. The number of aryl methyl sites for hydroxylation is 1. The van der Waals surface area contributed by atoms with Crippen LogP contribution in [0.4, 0.5) is 5.69 Å². The van der Waals surface area contributed by atoms with Crippen molar-refractivity contribution in [1.29, 1.82) is 0 Å². The van der Waals surface area contributed by atoms with Crippen molar-refractivity contribution in [2.24, 2.45) is 0 Å². The van der Waals surface area contributed by atoms with Crippen LogP contribution in [0.2, 0.25) is 5.02 Å². The van der Waals surface area contributed by atoms with Crippen LogP contribution in [0, 0.1) is 13.8 Å². The molecule has 1 saturated carbocycles. The van der Waals surface area contributed by atoms with Gasteiger partial charge in [-0.05, 0) is 83.1 Å². The number of aromatic amines is 1. The first-order valence-corrected chi connectivity index (χ1v) is 13.8. The van der Waals surface area contributed by atoms with Gasteiger partial charge in [-0.25, -0.2) is 4.52 Å². The van der Waals surface area contributed by atoms with Gasteiger partial charge >= 0.3 is 0 Å². The van der Waals surface area contributed by atoms with E-state index in [1.807, 2.05) is 46.8 Å². The van der Waals surface area contributed by atoms with Crippen LogP contribution in [0.5, 0.6) is 0 Å². The van der Waals surface area contributed by atoms with Crippen LogP contribution >= 0.6 is 11.6 Å². The zero-order valence-corrected chi connectivity index (χ0v) is 24.3. The summed E-state index contributed by atoms with van der Waals surface area (Å²) in [6.07, 6.45) is 8.91. The Hall–Kier alpha value is -2.77. The fourth-order valence-corrected chi connectivity index (χ4v) is 4.83. The maximum atomic E-state index is 12.7. The molecule has 0 atom stereocenters. The molecular formula is C29H44ClN5O2. The second kappa shape index (κ2) is 14.8. The Kier molecular flexibility index (Phi) is 12.2. The van der Waals surface area contributed by atoms with Gasteiger partial charge in [0.05, 0.1) is 5.52 Å². The van der Waals surface area contributed by atoms with Gasteiger partial charge in [-0.2, -0.15) is 0 Å². The summed E-state index contributed by atoms with van der Waals surface area (Å²) < 4.78 is 1.46. The molecule has 2 aromatic heterocycles. The average Bonchev–Trinajstić information content (AvgIpc) is 3.36. The molecule has 0 radical (unpaired) electrons. The smallest absolute Gasteiger partial charge is 0.274 e. The SMILES string of the molecule is CC.CCNc1cc(Cl)cc(C(=O)NCc2c(C)cc3cc[nH]n3c2=O)c1C.CN(C)C1CCCCC1. The lowest BCUT2D eigenvalue weighted by Crippen LogP contribution is -2.29. The molecule has 204 valence electrons. The van der Waals surface area contributed by atoms with Crippen LogP contribution in [0.3, 0.4) is 0 Å². The summed E-state index contributed by atoms with van der Waals surface area (Å²) in [4.78, 5) is 27.6. The van der Waals surface area contributed by atoms with Crippen molar-refractivity contribution in [3.63, 3.8) is 0 Å². The second-order valence-electron chi connectivity index (χ2n) is 9.43. The van der Waals surface area contributed by atoms with Crippen molar-refractivity contribution in [3.05, 3.63) is 68.1 Å². The van der Waals surface area contributed by atoms with Crippen molar-refractivity contribution in [3.8, 4) is 0 Å². The van der Waals surface area contributed by atoms with E-state index in [1.54, 1.807) is 18.3 Å². The molecule has 0 bridgehead atoms. The molecule has 1 fully saturated rings. The molecule has 4 rings (SSSR count). The van der Waals surface area contributed by atoms with E-state index in [4.69, 9.17) is 11.6 Å². The number of pyridine rings is 1. The zero-order valence-electron chi connectivity index (χ0n) is 23.5. The number of rotatable bonds is 6. The maximum absolute atomic E-state index is 12.7. The number of amides is 1. The molecule has 7 nitrogen and oxygen atoms in total. The molecule has 0 unspecified atom stereocenters. The van der Waals surface area contributed by atoms with Gasteiger partial charge in [0.15, 0.2) is 0 Å². The Morgan fingerprint density at radius 3 is 2.41 bits per heavy atom. The minimum atomic E-state index is -0.264. The van der Waals surface area contributed by atoms with Crippen molar-refractivity contribution >= 4 is 28.7 Å². The van der Waals surface area contributed by atoms with E-state index in [1.165, 1.54) is 36.6 Å². The van der Waals surface area contributed by atoms with Gasteiger partial charge in [-0.3, -0.25) is 14.7 Å². The molecule has 1 aliphatic rings. The monoisotopic (exact) mass is 529 g/mol. The average molecular weight is 530 g/mol. The van der Waals surface area contributed by atoms with Crippen molar-refractivity contribution in [1.82, 2.24) is 19.8 Å². The van der Waals surface area contributed by atoms with Gasteiger partial charge in [0, 0.05) is 47.2 Å². The van der Waals surface area contributed by atoms with Gasteiger partial charge in [-0.1, -0.05) is 44.7 Å². The van der Waals surface area contributed by atoms with Gasteiger partial charge in [0.25, 0.3) is 11.5 Å². The summed E-state index contributed by atoms with van der Waals surface area (Å²) in [5.74, 6) is -0.264. The Balaban J connectivity index is 0.000000367. The van der Waals surface area contributed by atoms with Crippen LogP contribution in [-0.2, 0) is 6.54 Å². The van der Waals surface area contributed by atoms with Gasteiger partial charge in [0.1, 0.15) is 0 Å². The lowest BCUT2D eigenvalue weighted by molar-refractivity contribution is 0.0950. The molecule has 0 spiro atoms. The number of anilines is 1. The quantitative estimate of drug-likeness (QED) is 0.357. The molecule has 37 heavy (non-hydrogen) atoms. The zero-order chi connectivity index (χ0) is 27.5. The number of nitrogens with one attached hydrogen (secondary N) is 3. The van der Waals surface area contributed by atoms with Crippen molar-refractivity contribution in [2.45, 2.75) is 79.3 Å². The number of benzene rings is 1. The minimum Gasteiger partial charge on any atom is -0.385 e. The number of carbonyl (C=O) groups is 1. The van der Waals surface area contributed by atoms with Crippen LogP contribution in [0.15, 0.2) is 35.3 Å². The van der Waals surface area contributed by atoms with Gasteiger partial charge in [-0.15, -0.1) is 0 Å². The highest BCUT2D eigenvalue weighted by Gasteiger charge is 2.16. The summed E-state index contributed by atoms with van der Waals surface area (Å²) >= 11 is 6.14. The molecule has 0 aliphatic heterocycles. The molecular weight excluding hydrogens is 486 g/mol.